The number of carbonyl (C=O) groups is 1. The van der Waals surface area contributed by atoms with E-state index in [0.717, 1.165) is 13.0 Å². The van der Waals surface area contributed by atoms with E-state index < -0.39 is 0 Å². The van der Waals surface area contributed by atoms with E-state index in [-0.39, 0.29) is 5.97 Å². The maximum Gasteiger partial charge on any atom is 0.302 e. The van der Waals surface area contributed by atoms with Gasteiger partial charge in [-0.2, -0.15) is 0 Å². The number of benzene rings is 1. The van der Waals surface area contributed by atoms with Crippen LogP contribution in [0.3, 0.4) is 0 Å². The van der Waals surface area contributed by atoms with Gasteiger partial charge in [-0.15, -0.1) is 0 Å². The molecule has 1 aromatic carbocycles. The summed E-state index contributed by atoms with van der Waals surface area (Å²) in [6.45, 7) is 2.92. The van der Waals surface area contributed by atoms with Crippen LogP contribution < -0.4 is 0 Å². The highest BCUT2D eigenvalue weighted by Gasteiger charge is 2.32. The first-order valence-corrected chi connectivity index (χ1v) is 7.28. The summed E-state index contributed by atoms with van der Waals surface area (Å²) in [7, 11) is 2.17. The Hall–Kier alpha value is -1.61. The number of hydrogen-bond donors (Lipinski definition) is 0. The predicted molar refractivity (Wildman–Crippen MR) is 79.3 cm³/mol. The van der Waals surface area contributed by atoms with Gasteiger partial charge in [0.15, 0.2) is 0 Å². The van der Waals surface area contributed by atoms with E-state index in [2.05, 4.69) is 42.3 Å². The molecule has 3 heteroatoms. The third kappa shape index (κ3) is 2.50. The number of ether oxygens (including phenoxy) is 1. The molecular weight excluding hydrogens is 250 g/mol. The average Bonchev–Trinajstić information content (AvgIpc) is 2.45. The summed E-state index contributed by atoms with van der Waals surface area (Å²) >= 11 is 0. The predicted octanol–water partition coefficient (Wildman–Crippen LogP) is 2.51. The Balaban J connectivity index is 1.90. The van der Waals surface area contributed by atoms with Gasteiger partial charge in [-0.05, 0) is 36.6 Å². The largest absolute Gasteiger partial charge is 0.465 e. The van der Waals surface area contributed by atoms with Crippen molar-refractivity contribution in [3.05, 3.63) is 41.5 Å². The second-order valence-electron chi connectivity index (χ2n) is 5.84. The minimum absolute atomic E-state index is 0.197. The molecule has 0 radical (unpaired) electrons. The normalized spacial score (nSPS) is 25.4. The zero-order valence-corrected chi connectivity index (χ0v) is 12.1. The van der Waals surface area contributed by atoms with Gasteiger partial charge in [0.05, 0.1) is 6.61 Å². The van der Waals surface area contributed by atoms with Crippen molar-refractivity contribution >= 4 is 11.5 Å². The van der Waals surface area contributed by atoms with Crippen LogP contribution in [0.4, 0.5) is 0 Å². The lowest BCUT2D eigenvalue weighted by molar-refractivity contribution is -0.142. The van der Waals surface area contributed by atoms with Crippen molar-refractivity contribution in [1.82, 2.24) is 4.90 Å². The van der Waals surface area contributed by atoms with Crippen molar-refractivity contribution < 1.29 is 9.53 Å². The summed E-state index contributed by atoms with van der Waals surface area (Å²) in [5.41, 5.74) is 4.23. The van der Waals surface area contributed by atoms with Crippen molar-refractivity contribution in [3.8, 4) is 0 Å². The smallest absolute Gasteiger partial charge is 0.302 e. The summed E-state index contributed by atoms with van der Waals surface area (Å²) in [6.07, 6.45) is 4.66. The molecule has 0 spiro atoms. The SMILES string of the molecule is CC(=O)OC[C@@H]1C=C2c3ccccc3CC[C@H]2N(C)C1. The molecule has 1 aliphatic heterocycles. The Bertz CT molecular complexity index is 550. The second-order valence-corrected chi connectivity index (χ2v) is 5.84. The van der Waals surface area contributed by atoms with E-state index in [1.807, 2.05) is 0 Å². The van der Waals surface area contributed by atoms with Gasteiger partial charge in [-0.25, -0.2) is 0 Å². The molecule has 0 saturated carbocycles. The third-order valence-corrected chi connectivity index (χ3v) is 4.34. The minimum atomic E-state index is -0.197. The van der Waals surface area contributed by atoms with Gasteiger partial charge in [-0.3, -0.25) is 9.69 Å². The molecule has 20 heavy (non-hydrogen) atoms. The molecule has 1 heterocycles. The van der Waals surface area contributed by atoms with E-state index in [9.17, 15) is 4.79 Å². The van der Waals surface area contributed by atoms with Crippen molar-refractivity contribution in [2.75, 3.05) is 20.2 Å². The molecule has 3 rings (SSSR count). The topological polar surface area (TPSA) is 29.5 Å². The molecule has 0 N–H and O–H groups in total. The maximum atomic E-state index is 11.0. The summed E-state index contributed by atoms with van der Waals surface area (Å²) in [5, 5.41) is 0. The van der Waals surface area contributed by atoms with Gasteiger partial charge in [0.2, 0.25) is 0 Å². The van der Waals surface area contributed by atoms with E-state index in [4.69, 9.17) is 4.74 Å². The van der Waals surface area contributed by atoms with E-state index in [1.165, 1.54) is 30.0 Å². The number of rotatable bonds is 2. The molecule has 0 fully saturated rings. The summed E-state index contributed by atoms with van der Waals surface area (Å²) in [5.74, 6) is 0.0959. The van der Waals surface area contributed by atoms with Crippen LogP contribution in [0.2, 0.25) is 0 Å². The van der Waals surface area contributed by atoms with Crippen molar-refractivity contribution in [1.29, 1.82) is 0 Å². The number of aryl methyl sites for hydroxylation is 1. The van der Waals surface area contributed by atoms with Crippen LogP contribution in [0.15, 0.2) is 30.3 Å². The van der Waals surface area contributed by atoms with Crippen LogP contribution in [0.25, 0.3) is 5.57 Å². The van der Waals surface area contributed by atoms with Crippen LogP contribution in [-0.2, 0) is 16.0 Å². The van der Waals surface area contributed by atoms with E-state index in [1.54, 1.807) is 0 Å². The molecule has 0 amide bonds. The highest BCUT2D eigenvalue weighted by Crippen LogP contribution is 2.37. The van der Waals surface area contributed by atoms with Crippen molar-refractivity contribution in [3.63, 3.8) is 0 Å². The molecule has 3 nitrogen and oxygen atoms in total. The first-order chi connectivity index (χ1) is 9.65. The fraction of sp³-hybridized carbons (Fsp3) is 0.471. The van der Waals surface area contributed by atoms with E-state index in [0.29, 0.717) is 18.6 Å². The fourth-order valence-electron chi connectivity index (χ4n) is 3.43. The monoisotopic (exact) mass is 271 g/mol. The summed E-state index contributed by atoms with van der Waals surface area (Å²) in [6, 6.07) is 9.18. The van der Waals surface area contributed by atoms with Gasteiger partial charge in [-0.1, -0.05) is 30.3 Å². The number of hydrogen-bond acceptors (Lipinski definition) is 3. The van der Waals surface area contributed by atoms with Crippen LogP contribution in [0.1, 0.15) is 24.5 Å². The summed E-state index contributed by atoms with van der Waals surface area (Å²) in [4.78, 5) is 13.4. The van der Waals surface area contributed by atoms with E-state index >= 15 is 0 Å². The van der Waals surface area contributed by atoms with Crippen LogP contribution in [-0.4, -0.2) is 37.1 Å². The average molecular weight is 271 g/mol. The number of nitrogens with zero attached hydrogens (tertiary/aromatic N) is 1. The molecule has 0 unspecified atom stereocenters. The summed E-state index contributed by atoms with van der Waals surface area (Å²) < 4.78 is 5.19. The first kappa shape index (κ1) is 13.4. The van der Waals surface area contributed by atoms with Crippen LogP contribution in [0, 0.1) is 5.92 Å². The molecular formula is C17H21NO2. The van der Waals surface area contributed by atoms with Gasteiger partial charge < -0.3 is 4.74 Å². The van der Waals surface area contributed by atoms with Gasteiger partial charge in [0, 0.05) is 25.4 Å². The highest BCUT2D eigenvalue weighted by atomic mass is 16.5. The molecule has 106 valence electrons. The second kappa shape index (κ2) is 5.41. The Morgan fingerprint density at radius 2 is 2.20 bits per heavy atom. The minimum Gasteiger partial charge on any atom is -0.465 e. The number of likely N-dealkylation sites (N-methyl/N-ethyl adjacent to an activating group) is 1. The lowest BCUT2D eigenvalue weighted by Crippen LogP contribution is -2.43. The Morgan fingerprint density at radius 1 is 1.40 bits per heavy atom. The first-order valence-electron chi connectivity index (χ1n) is 7.28. The molecule has 2 atom stereocenters. The molecule has 1 aliphatic carbocycles. The Morgan fingerprint density at radius 3 is 3.00 bits per heavy atom. The lowest BCUT2D eigenvalue weighted by atomic mass is 9.79. The van der Waals surface area contributed by atoms with Gasteiger partial charge in [0.1, 0.15) is 0 Å². The fourth-order valence-corrected chi connectivity index (χ4v) is 3.43. The lowest BCUT2D eigenvalue weighted by Gasteiger charge is -2.40. The number of carbonyl (C=O) groups excluding carboxylic acids is 1. The van der Waals surface area contributed by atoms with Gasteiger partial charge in [0.25, 0.3) is 0 Å². The van der Waals surface area contributed by atoms with Gasteiger partial charge >= 0.3 is 5.97 Å². The molecule has 0 bridgehead atoms. The molecule has 0 aromatic heterocycles. The zero-order valence-electron chi connectivity index (χ0n) is 12.1. The standard InChI is InChI=1S/C17H21NO2/c1-12(19)20-11-13-9-16-15-6-4-3-5-14(15)7-8-17(16)18(2)10-13/h3-6,9,13,17H,7-8,10-11H2,1-2H3/t13-,17-/m1/s1. The number of fused-ring (bicyclic) bond motifs is 3. The molecule has 1 aromatic rings. The zero-order chi connectivity index (χ0) is 14.1. The quantitative estimate of drug-likeness (QED) is 0.774. The Labute approximate surface area is 120 Å². The highest BCUT2D eigenvalue weighted by molar-refractivity contribution is 5.74. The van der Waals surface area contributed by atoms with Crippen LogP contribution in [0.5, 0.6) is 0 Å². The van der Waals surface area contributed by atoms with Crippen molar-refractivity contribution in [2.24, 2.45) is 5.92 Å². The maximum absolute atomic E-state index is 11.0. The third-order valence-electron chi connectivity index (χ3n) is 4.34. The van der Waals surface area contributed by atoms with Crippen LogP contribution >= 0.6 is 0 Å². The number of esters is 1. The van der Waals surface area contributed by atoms with Crippen molar-refractivity contribution in [2.45, 2.75) is 25.8 Å². The molecule has 0 saturated heterocycles. The Kier molecular flexibility index (Phi) is 3.62. The molecule has 2 aliphatic rings.